The minimum atomic E-state index is -0.173. The largest absolute Gasteiger partial charge is 0.469 e. The van der Waals surface area contributed by atoms with Gasteiger partial charge in [0.15, 0.2) is 0 Å². The molecule has 2 N–H and O–H groups in total. The van der Waals surface area contributed by atoms with Crippen molar-refractivity contribution in [2.45, 2.75) is 19.4 Å². The molecule has 0 saturated heterocycles. The summed E-state index contributed by atoms with van der Waals surface area (Å²) in [4.78, 5) is 11.2. The average molecular weight is 221 g/mol. The molecule has 1 atom stereocenters. The average Bonchev–Trinajstić information content (AvgIpc) is 2.76. The molecule has 0 radical (unpaired) electrons. The monoisotopic (exact) mass is 221 g/mol. The summed E-state index contributed by atoms with van der Waals surface area (Å²) in [7, 11) is 0. The van der Waals surface area contributed by atoms with E-state index >= 15 is 0 Å². The molecule has 0 spiro atoms. The Bertz CT molecular complexity index is 354. The van der Waals surface area contributed by atoms with Crippen LogP contribution in [0.3, 0.4) is 0 Å². The van der Waals surface area contributed by atoms with Gasteiger partial charge in [-0.3, -0.25) is 4.79 Å². The van der Waals surface area contributed by atoms with Gasteiger partial charge in [0.25, 0.3) is 0 Å². The highest BCUT2D eigenvalue weighted by Gasteiger charge is 2.07. The quantitative estimate of drug-likeness (QED) is 0.683. The van der Waals surface area contributed by atoms with Crippen LogP contribution in [0.15, 0.2) is 22.8 Å². The first-order chi connectivity index (χ1) is 7.72. The molecule has 5 nitrogen and oxygen atoms in total. The van der Waals surface area contributed by atoms with Crippen molar-refractivity contribution in [3.05, 3.63) is 24.2 Å². The minimum Gasteiger partial charge on any atom is -0.469 e. The Labute approximate surface area is 94.4 Å². The van der Waals surface area contributed by atoms with E-state index in [1.54, 1.807) is 6.26 Å². The molecule has 1 amide bonds. The standard InChI is InChI=1S/C11H15N3O2/c1-9(7-10-3-2-6-16-10)14-8-11(15)13-5-4-12/h2-3,6,9,14H,5,7-8H2,1H3,(H,13,15). The van der Waals surface area contributed by atoms with E-state index in [1.807, 2.05) is 25.1 Å². The molecule has 1 aromatic rings. The summed E-state index contributed by atoms with van der Waals surface area (Å²) >= 11 is 0. The van der Waals surface area contributed by atoms with Crippen LogP contribution >= 0.6 is 0 Å². The molecule has 0 bridgehead atoms. The van der Waals surface area contributed by atoms with Gasteiger partial charge in [-0.05, 0) is 19.1 Å². The Morgan fingerprint density at radius 3 is 3.12 bits per heavy atom. The molecule has 0 saturated carbocycles. The highest BCUT2D eigenvalue weighted by Crippen LogP contribution is 2.03. The number of rotatable bonds is 6. The lowest BCUT2D eigenvalue weighted by molar-refractivity contribution is -0.120. The van der Waals surface area contributed by atoms with Gasteiger partial charge in [-0.1, -0.05) is 0 Å². The number of furan rings is 1. The zero-order valence-corrected chi connectivity index (χ0v) is 9.19. The number of hydrogen-bond acceptors (Lipinski definition) is 4. The molecular formula is C11H15N3O2. The fraction of sp³-hybridized carbons (Fsp3) is 0.455. The van der Waals surface area contributed by atoms with Gasteiger partial charge < -0.3 is 15.1 Å². The van der Waals surface area contributed by atoms with Crippen LogP contribution in [-0.2, 0) is 11.2 Å². The maximum atomic E-state index is 11.2. The summed E-state index contributed by atoms with van der Waals surface area (Å²) in [6.07, 6.45) is 2.36. The smallest absolute Gasteiger partial charge is 0.234 e. The van der Waals surface area contributed by atoms with Crippen molar-refractivity contribution in [3.8, 4) is 6.07 Å². The zero-order valence-electron chi connectivity index (χ0n) is 9.19. The second-order valence-corrected chi connectivity index (χ2v) is 3.50. The molecule has 0 fully saturated rings. The van der Waals surface area contributed by atoms with Crippen LogP contribution in [0.25, 0.3) is 0 Å². The second kappa shape index (κ2) is 6.64. The number of carbonyl (C=O) groups excluding carboxylic acids is 1. The van der Waals surface area contributed by atoms with E-state index in [4.69, 9.17) is 9.68 Å². The lowest BCUT2D eigenvalue weighted by atomic mass is 10.2. The molecule has 86 valence electrons. The van der Waals surface area contributed by atoms with Crippen LogP contribution in [0, 0.1) is 11.3 Å². The van der Waals surface area contributed by atoms with Crippen LogP contribution in [0.4, 0.5) is 0 Å². The van der Waals surface area contributed by atoms with E-state index in [-0.39, 0.29) is 25.0 Å². The molecule has 16 heavy (non-hydrogen) atoms. The Morgan fingerprint density at radius 2 is 2.50 bits per heavy atom. The van der Waals surface area contributed by atoms with Gasteiger partial charge >= 0.3 is 0 Å². The van der Waals surface area contributed by atoms with Crippen LogP contribution in [0.5, 0.6) is 0 Å². The molecule has 5 heteroatoms. The second-order valence-electron chi connectivity index (χ2n) is 3.50. The first-order valence-corrected chi connectivity index (χ1v) is 5.11. The molecular weight excluding hydrogens is 206 g/mol. The zero-order chi connectivity index (χ0) is 11.8. The number of amides is 1. The van der Waals surface area contributed by atoms with Crippen molar-refractivity contribution in [2.24, 2.45) is 0 Å². The summed E-state index contributed by atoms with van der Waals surface area (Å²) in [5, 5.41) is 13.8. The molecule has 0 aliphatic carbocycles. The van der Waals surface area contributed by atoms with Crippen LogP contribution in [0.2, 0.25) is 0 Å². The normalized spacial score (nSPS) is 11.8. The third-order valence-electron chi connectivity index (χ3n) is 2.06. The fourth-order valence-corrected chi connectivity index (χ4v) is 1.27. The van der Waals surface area contributed by atoms with E-state index in [1.165, 1.54) is 0 Å². The highest BCUT2D eigenvalue weighted by atomic mass is 16.3. The Kier molecular flexibility index (Phi) is 5.09. The molecule has 0 aliphatic heterocycles. The van der Waals surface area contributed by atoms with E-state index in [0.29, 0.717) is 0 Å². The third-order valence-corrected chi connectivity index (χ3v) is 2.06. The van der Waals surface area contributed by atoms with Crippen LogP contribution in [-0.4, -0.2) is 25.0 Å². The van der Waals surface area contributed by atoms with Gasteiger partial charge in [0, 0.05) is 12.5 Å². The van der Waals surface area contributed by atoms with E-state index in [9.17, 15) is 4.79 Å². The molecule has 1 unspecified atom stereocenters. The third kappa shape index (κ3) is 4.62. The van der Waals surface area contributed by atoms with E-state index in [0.717, 1.165) is 12.2 Å². The van der Waals surface area contributed by atoms with Crippen molar-refractivity contribution in [3.63, 3.8) is 0 Å². The number of carbonyl (C=O) groups is 1. The highest BCUT2D eigenvalue weighted by molar-refractivity contribution is 5.78. The number of nitrogens with one attached hydrogen (secondary N) is 2. The van der Waals surface area contributed by atoms with Crippen molar-refractivity contribution in [1.82, 2.24) is 10.6 Å². The Hall–Kier alpha value is -1.80. The van der Waals surface area contributed by atoms with Gasteiger partial charge in [-0.25, -0.2) is 0 Å². The molecule has 0 aliphatic rings. The minimum absolute atomic E-state index is 0.0487. The van der Waals surface area contributed by atoms with Gasteiger partial charge in [-0.2, -0.15) is 5.26 Å². The van der Waals surface area contributed by atoms with Crippen molar-refractivity contribution >= 4 is 5.91 Å². The number of hydrogen-bond donors (Lipinski definition) is 2. The van der Waals surface area contributed by atoms with Crippen LogP contribution in [0.1, 0.15) is 12.7 Å². The maximum Gasteiger partial charge on any atom is 0.234 e. The Morgan fingerprint density at radius 1 is 1.69 bits per heavy atom. The first kappa shape index (κ1) is 12.3. The predicted molar refractivity (Wildman–Crippen MR) is 58.5 cm³/mol. The summed E-state index contributed by atoms with van der Waals surface area (Å²) in [6, 6.07) is 5.73. The fourth-order valence-electron chi connectivity index (χ4n) is 1.27. The van der Waals surface area contributed by atoms with Crippen molar-refractivity contribution in [1.29, 1.82) is 5.26 Å². The van der Waals surface area contributed by atoms with Crippen molar-refractivity contribution in [2.75, 3.05) is 13.1 Å². The molecule has 1 rings (SSSR count). The van der Waals surface area contributed by atoms with Gasteiger partial charge in [0.05, 0.1) is 18.9 Å². The molecule has 1 aromatic heterocycles. The van der Waals surface area contributed by atoms with E-state index < -0.39 is 0 Å². The first-order valence-electron chi connectivity index (χ1n) is 5.11. The van der Waals surface area contributed by atoms with Gasteiger partial charge in [-0.15, -0.1) is 0 Å². The maximum absolute atomic E-state index is 11.2. The van der Waals surface area contributed by atoms with E-state index in [2.05, 4.69) is 10.6 Å². The summed E-state index contributed by atoms with van der Waals surface area (Å²) in [5.74, 6) is 0.713. The van der Waals surface area contributed by atoms with Gasteiger partial charge in [0.2, 0.25) is 5.91 Å². The predicted octanol–water partition coefficient (Wildman–Crippen LogP) is 0.440. The molecule has 0 aromatic carbocycles. The lowest BCUT2D eigenvalue weighted by Gasteiger charge is -2.11. The Balaban J connectivity index is 2.18. The van der Waals surface area contributed by atoms with Crippen molar-refractivity contribution < 1.29 is 9.21 Å². The summed E-state index contributed by atoms with van der Waals surface area (Å²) in [5.41, 5.74) is 0. The number of nitriles is 1. The summed E-state index contributed by atoms with van der Waals surface area (Å²) in [6.45, 7) is 2.23. The topological polar surface area (TPSA) is 78.1 Å². The van der Waals surface area contributed by atoms with Crippen LogP contribution < -0.4 is 10.6 Å². The van der Waals surface area contributed by atoms with Gasteiger partial charge in [0.1, 0.15) is 12.3 Å². The SMILES string of the molecule is CC(Cc1ccco1)NCC(=O)NCC#N. The molecule has 1 heterocycles. The lowest BCUT2D eigenvalue weighted by Crippen LogP contribution is -2.38. The summed E-state index contributed by atoms with van der Waals surface area (Å²) < 4.78 is 5.19. The number of nitrogens with zero attached hydrogens (tertiary/aromatic N) is 1.